The van der Waals surface area contributed by atoms with E-state index in [0.717, 1.165) is 31.2 Å². The first kappa shape index (κ1) is 18.9. The second-order valence-electron chi connectivity index (χ2n) is 8.82. The van der Waals surface area contributed by atoms with Gasteiger partial charge in [-0.1, -0.05) is 32.9 Å². The number of nitrogens with one attached hydrogen (secondary N) is 1. The van der Waals surface area contributed by atoms with Crippen LogP contribution in [0, 0.1) is 17.2 Å². The molecular weight excluding hydrogens is 331 g/mol. The van der Waals surface area contributed by atoms with Crippen LogP contribution in [-0.4, -0.2) is 36.3 Å². The molecule has 3 rings (SSSR count). The van der Waals surface area contributed by atoms with Crippen molar-refractivity contribution in [1.82, 2.24) is 10.2 Å². The monoisotopic (exact) mass is 360 g/mol. The number of amides is 2. The fourth-order valence-corrected chi connectivity index (χ4v) is 3.74. The number of benzene rings is 1. The van der Waals surface area contributed by atoms with E-state index in [1.807, 2.05) is 37.8 Å². The molecule has 0 spiro atoms. The minimum atomic E-state index is -0.372. The maximum atomic E-state index is 13.1. The summed E-state index contributed by atoms with van der Waals surface area (Å²) in [5.41, 5.74) is 0.708. The highest BCUT2D eigenvalue weighted by Crippen LogP contribution is 2.47. The lowest BCUT2D eigenvalue weighted by molar-refractivity contribution is -0.142. The van der Waals surface area contributed by atoms with Crippen molar-refractivity contribution >= 4 is 11.8 Å². The number of rotatable bonds is 4. The number of hydrogen-bond donors (Lipinski definition) is 1. The van der Waals surface area contributed by atoms with Gasteiger partial charge in [-0.15, -0.1) is 0 Å². The van der Waals surface area contributed by atoms with E-state index < -0.39 is 0 Å². The van der Waals surface area contributed by atoms with Crippen LogP contribution >= 0.6 is 0 Å². The van der Waals surface area contributed by atoms with Gasteiger partial charge in [0.15, 0.2) is 0 Å². The van der Waals surface area contributed by atoms with Gasteiger partial charge in [0.05, 0.1) is 0 Å². The summed E-state index contributed by atoms with van der Waals surface area (Å²) in [7, 11) is 0. The molecule has 1 aromatic carbocycles. The van der Waals surface area contributed by atoms with Crippen molar-refractivity contribution < 1.29 is 14.0 Å². The van der Waals surface area contributed by atoms with Crippen LogP contribution in [0.2, 0.25) is 0 Å². The van der Waals surface area contributed by atoms with Crippen LogP contribution in [0.5, 0.6) is 0 Å². The molecule has 1 aliphatic heterocycles. The Labute approximate surface area is 155 Å². The molecule has 4 nitrogen and oxygen atoms in total. The maximum absolute atomic E-state index is 13.1. The number of halogens is 1. The summed E-state index contributed by atoms with van der Waals surface area (Å²) in [4.78, 5) is 26.8. The minimum Gasteiger partial charge on any atom is -0.355 e. The Morgan fingerprint density at radius 3 is 2.23 bits per heavy atom. The molecule has 1 aliphatic carbocycles. The summed E-state index contributed by atoms with van der Waals surface area (Å²) in [6.07, 6.45) is 3.49. The number of piperidine rings is 1. The smallest absolute Gasteiger partial charge is 0.227 e. The standard InChI is InChI=1S/C21H29FN2O2/c1-20(2,3)19(26)24-12-8-15(9-13-24)18(25)23-14-21(10-11-21)16-4-6-17(22)7-5-16/h4-7,15H,8-14H2,1-3H3,(H,23,25). The zero-order valence-electron chi connectivity index (χ0n) is 16.0. The van der Waals surface area contributed by atoms with Gasteiger partial charge in [0.25, 0.3) is 0 Å². The normalized spacial score (nSPS) is 19.9. The average molecular weight is 360 g/mol. The fraction of sp³-hybridized carbons (Fsp3) is 0.619. The third-order valence-corrected chi connectivity index (χ3v) is 5.71. The summed E-state index contributed by atoms with van der Waals surface area (Å²) in [5, 5.41) is 3.11. The number of carbonyl (C=O) groups excluding carboxylic acids is 2. The molecule has 1 saturated heterocycles. The van der Waals surface area contributed by atoms with Gasteiger partial charge in [-0.25, -0.2) is 4.39 Å². The van der Waals surface area contributed by atoms with Crippen molar-refractivity contribution in [2.75, 3.05) is 19.6 Å². The lowest BCUT2D eigenvalue weighted by Crippen LogP contribution is -2.47. The zero-order chi connectivity index (χ0) is 18.9. The lowest BCUT2D eigenvalue weighted by atomic mass is 9.90. The Balaban J connectivity index is 1.49. The van der Waals surface area contributed by atoms with E-state index in [1.165, 1.54) is 12.1 Å². The van der Waals surface area contributed by atoms with Crippen LogP contribution in [0.25, 0.3) is 0 Å². The first-order valence-electron chi connectivity index (χ1n) is 9.54. The third-order valence-electron chi connectivity index (χ3n) is 5.71. The van der Waals surface area contributed by atoms with E-state index >= 15 is 0 Å². The highest BCUT2D eigenvalue weighted by Gasteiger charge is 2.44. The Hall–Kier alpha value is -1.91. The lowest BCUT2D eigenvalue weighted by Gasteiger charge is -2.35. The van der Waals surface area contributed by atoms with Crippen LogP contribution in [0.3, 0.4) is 0 Å². The second kappa shape index (κ2) is 7.01. The van der Waals surface area contributed by atoms with Crippen molar-refractivity contribution in [1.29, 1.82) is 0 Å². The minimum absolute atomic E-state index is 0.0216. The summed E-state index contributed by atoms with van der Waals surface area (Å²) >= 11 is 0. The van der Waals surface area contributed by atoms with Gasteiger partial charge in [-0.05, 0) is 43.4 Å². The van der Waals surface area contributed by atoms with E-state index in [4.69, 9.17) is 0 Å². The van der Waals surface area contributed by atoms with Crippen molar-refractivity contribution in [3.63, 3.8) is 0 Å². The SMILES string of the molecule is CC(C)(C)C(=O)N1CCC(C(=O)NCC2(c3ccc(F)cc3)CC2)CC1. The van der Waals surface area contributed by atoms with Gasteiger partial charge in [0, 0.05) is 36.4 Å². The van der Waals surface area contributed by atoms with Gasteiger partial charge in [-0.2, -0.15) is 0 Å². The van der Waals surface area contributed by atoms with Crippen molar-refractivity contribution in [2.24, 2.45) is 11.3 Å². The van der Waals surface area contributed by atoms with Gasteiger partial charge in [0.1, 0.15) is 5.82 Å². The van der Waals surface area contributed by atoms with Crippen molar-refractivity contribution in [2.45, 2.75) is 51.9 Å². The van der Waals surface area contributed by atoms with E-state index in [9.17, 15) is 14.0 Å². The molecule has 142 valence electrons. The summed E-state index contributed by atoms with van der Waals surface area (Å²) in [5.74, 6) is -0.0148. The van der Waals surface area contributed by atoms with Crippen LogP contribution in [0.1, 0.15) is 52.0 Å². The van der Waals surface area contributed by atoms with Crippen molar-refractivity contribution in [3.05, 3.63) is 35.6 Å². The predicted molar refractivity (Wildman–Crippen MR) is 99.1 cm³/mol. The molecule has 2 amide bonds. The molecule has 0 bridgehead atoms. The summed E-state index contributed by atoms with van der Waals surface area (Å²) in [6, 6.07) is 6.62. The van der Waals surface area contributed by atoms with E-state index in [-0.39, 0.29) is 34.4 Å². The molecule has 2 fully saturated rings. The highest BCUT2D eigenvalue weighted by atomic mass is 19.1. The molecular formula is C21H29FN2O2. The Morgan fingerprint density at radius 1 is 1.15 bits per heavy atom. The van der Waals surface area contributed by atoms with Crippen LogP contribution < -0.4 is 5.32 Å². The molecule has 1 heterocycles. The van der Waals surface area contributed by atoms with Crippen molar-refractivity contribution in [3.8, 4) is 0 Å². The van der Waals surface area contributed by atoms with Gasteiger partial charge in [-0.3, -0.25) is 9.59 Å². The molecule has 2 aliphatic rings. The quantitative estimate of drug-likeness (QED) is 0.896. The number of likely N-dealkylation sites (tertiary alicyclic amines) is 1. The topological polar surface area (TPSA) is 49.4 Å². The number of carbonyl (C=O) groups is 2. The Kier molecular flexibility index (Phi) is 5.09. The first-order chi connectivity index (χ1) is 12.2. The molecule has 1 saturated carbocycles. The van der Waals surface area contributed by atoms with E-state index in [0.29, 0.717) is 19.6 Å². The molecule has 26 heavy (non-hydrogen) atoms. The largest absolute Gasteiger partial charge is 0.355 e. The third kappa shape index (κ3) is 4.08. The maximum Gasteiger partial charge on any atom is 0.227 e. The van der Waals surface area contributed by atoms with Crippen LogP contribution in [0.4, 0.5) is 4.39 Å². The average Bonchev–Trinajstić information content (AvgIpc) is 3.40. The second-order valence-corrected chi connectivity index (χ2v) is 8.82. The summed E-state index contributed by atoms with van der Waals surface area (Å²) < 4.78 is 13.1. The highest BCUT2D eigenvalue weighted by molar-refractivity contribution is 5.82. The molecule has 0 aromatic heterocycles. The fourth-order valence-electron chi connectivity index (χ4n) is 3.74. The Bertz CT molecular complexity index is 666. The summed E-state index contributed by atoms with van der Waals surface area (Å²) in [6.45, 7) is 7.70. The predicted octanol–water partition coefficient (Wildman–Crippen LogP) is 3.26. The van der Waals surface area contributed by atoms with Gasteiger partial charge in [0.2, 0.25) is 11.8 Å². The molecule has 0 unspecified atom stereocenters. The molecule has 1 N–H and O–H groups in total. The van der Waals surface area contributed by atoms with E-state index in [2.05, 4.69) is 5.32 Å². The van der Waals surface area contributed by atoms with Gasteiger partial charge >= 0.3 is 0 Å². The van der Waals surface area contributed by atoms with Gasteiger partial charge < -0.3 is 10.2 Å². The zero-order valence-corrected chi connectivity index (χ0v) is 16.0. The molecule has 5 heteroatoms. The molecule has 1 aromatic rings. The molecule has 0 radical (unpaired) electrons. The van der Waals surface area contributed by atoms with Crippen LogP contribution in [-0.2, 0) is 15.0 Å². The first-order valence-corrected chi connectivity index (χ1v) is 9.54. The Morgan fingerprint density at radius 2 is 1.73 bits per heavy atom. The van der Waals surface area contributed by atoms with Crippen LogP contribution in [0.15, 0.2) is 24.3 Å². The molecule has 0 atom stereocenters. The number of hydrogen-bond acceptors (Lipinski definition) is 2. The number of nitrogens with zero attached hydrogens (tertiary/aromatic N) is 1. The van der Waals surface area contributed by atoms with E-state index in [1.54, 1.807) is 0 Å².